The van der Waals surface area contributed by atoms with Gasteiger partial charge in [-0.2, -0.15) is 0 Å². The van der Waals surface area contributed by atoms with Gasteiger partial charge >= 0.3 is 0 Å². The molecule has 0 saturated heterocycles. The third-order valence-electron chi connectivity index (χ3n) is 4.01. The van der Waals surface area contributed by atoms with Crippen LogP contribution in [0, 0.1) is 5.41 Å². The van der Waals surface area contributed by atoms with Gasteiger partial charge in [-0.3, -0.25) is 0 Å². The van der Waals surface area contributed by atoms with Gasteiger partial charge in [0.2, 0.25) is 0 Å². The minimum atomic E-state index is 0.226. The van der Waals surface area contributed by atoms with E-state index in [2.05, 4.69) is 35.7 Å². The monoisotopic (exact) mass is 215 g/mol. The van der Waals surface area contributed by atoms with E-state index < -0.39 is 0 Å². The highest BCUT2D eigenvalue weighted by Crippen LogP contribution is 2.58. The zero-order chi connectivity index (χ0) is 11.5. The highest BCUT2D eigenvalue weighted by molar-refractivity contribution is 5.82. The maximum absolute atomic E-state index is 6.15. The third-order valence-corrected chi connectivity index (χ3v) is 4.01. The third kappa shape index (κ3) is 1.09. The number of nitrogens with zero attached hydrogens (tertiary/aromatic N) is 2. The van der Waals surface area contributed by atoms with Crippen LogP contribution in [-0.2, 0) is 7.05 Å². The summed E-state index contributed by atoms with van der Waals surface area (Å²) in [5.41, 5.74) is 8.77. The molecule has 2 aromatic heterocycles. The first-order valence-corrected chi connectivity index (χ1v) is 5.69. The van der Waals surface area contributed by atoms with Crippen LogP contribution in [0.15, 0.2) is 24.5 Å². The average Bonchev–Trinajstić information content (AvgIpc) is 2.60. The first-order valence-electron chi connectivity index (χ1n) is 5.69. The number of hydrogen-bond acceptors (Lipinski definition) is 2. The van der Waals surface area contributed by atoms with Crippen molar-refractivity contribution < 1.29 is 0 Å². The smallest absolute Gasteiger partial charge is 0.139 e. The Hall–Kier alpha value is -1.35. The second-order valence-corrected chi connectivity index (χ2v) is 5.39. The molecule has 3 nitrogen and oxygen atoms in total. The van der Waals surface area contributed by atoms with Crippen molar-refractivity contribution >= 4 is 11.0 Å². The van der Waals surface area contributed by atoms with Crippen LogP contribution in [0.4, 0.5) is 0 Å². The van der Waals surface area contributed by atoms with Crippen LogP contribution in [-0.4, -0.2) is 15.6 Å². The largest absolute Gasteiger partial charge is 0.335 e. The molecule has 1 aliphatic rings. The summed E-state index contributed by atoms with van der Waals surface area (Å²) >= 11 is 0. The molecule has 0 spiro atoms. The molecular weight excluding hydrogens is 198 g/mol. The Morgan fingerprint density at radius 3 is 2.75 bits per heavy atom. The number of aryl methyl sites for hydroxylation is 1. The van der Waals surface area contributed by atoms with Crippen LogP contribution in [0.5, 0.6) is 0 Å². The standard InChI is InChI=1S/C13H17N3/c1-13(2)10(11(13)14)9-7-16(3)12-8(9)5-4-6-15-12/h4-7,10-11H,14H2,1-3H3. The van der Waals surface area contributed by atoms with Crippen LogP contribution in [0.3, 0.4) is 0 Å². The summed E-state index contributed by atoms with van der Waals surface area (Å²) < 4.78 is 2.09. The maximum atomic E-state index is 6.15. The van der Waals surface area contributed by atoms with Crippen LogP contribution in [0.25, 0.3) is 11.0 Å². The fourth-order valence-corrected chi connectivity index (χ4v) is 2.76. The van der Waals surface area contributed by atoms with Crippen molar-refractivity contribution in [3.8, 4) is 0 Å². The van der Waals surface area contributed by atoms with Gasteiger partial charge in [0, 0.05) is 36.8 Å². The zero-order valence-corrected chi connectivity index (χ0v) is 9.94. The van der Waals surface area contributed by atoms with Crippen LogP contribution < -0.4 is 5.73 Å². The molecule has 3 heteroatoms. The number of pyridine rings is 1. The summed E-state index contributed by atoms with van der Waals surface area (Å²) in [5, 5.41) is 1.25. The van der Waals surface area contributed by atoms with Crippen LogP contribution >= 0.6 is 0 Å². The quantitative estimate of drug-likeness (QED) is 0.791. The van der Waals surface area contributed by atoms with Crippen LogP contribution in [0.1, 0.15) is 25.3 Å². The molecule has 3 rings (SSSR count). The molecule has 2 unspecified atom stereocenters. The van der Waals surface area contributed by atoms with E-state index in [1.165, 1.54) is 10.9 Å². The first-order chi connectivity index (χ1) is 7.53. The number of rotatable bonds is 1. The van der Waals surface area contributed by atoms with Gasteiger partial charge in [0.1, 0.15) is 5.65 Å². The van der Waals surface area contributed by atoms with Gasteiger partial charge in [0.05, 0.1) is 0 Å². The SMILES string of the molecule is Cn1cc(C2C(N)C2(C)C)c2cccnc21. The number of fused-ring (bicyclic) bond motifs is 1. The Balaban J connectivity index is 2.19. The van der Waals surface area contributed by atoms with E-state index in [1.807, 2.05) is 19.3 Å². The molecule has 0 bridgehead atoms. The van der Waals surface area contributed by atoms with E-state index in [0.29, 0.717) is 5.92 Å². The summed E-state index contributed by atoms with van der Waals surface area (Å²) in [7, 11) is 2.04. The molecule has 0 aliphatic heterocycles. The highest BCUT2D eigenvalue weighted by Gasteiger charge is 2.56. The molecule has 16 heavy (non-hydrogen) atoms. The Kier molecular flexibility index (Phi) is 1.76. The lowest BCUT2D eigenvalue weighted by atomic mass is 10.0. The fourth-order valence-electron chi connectivity index (χ4n) is 2.76. The van der Waals surface area contributed by atoms with Gasteiger partial charge in [0.25, 0.3) is 0 Å². The Morgan fingerprint density at radius 1 is 1.44 bits per heavy atom. The topological polar surface area (TPSA) is 43.8 Å². The average molecular weight is 215 g/mol. The molecule has 0 aromatic carbocycles. The van der Waals surface area contributed by atoms with Gasteiger partial charge in [0.15, 0.2) is 0 Å². The zero-order valence-electron chi connectivity index (χ0n) is 9.94. The predicted octanol–water partition coefficient (Wildman–Crippen LogP) is 2.02. The van der Waals surface area contributed by atoms with Crippen molar-refractivity contribution in [2.75, 3.05) is 0 Å². The summed E-state index contributed by atoms with van der Waals surface area (Å²) in [6, 6.07) is 4.41. The number of aromatic nitrogens is 2. The Labute approximate surface area is 95.3 Å². The Morgan fingerprint density at radius 2 is 2.12 bits per heavy atom. The maximum Gasteiger partial charge on any atom is 0.139 e. The molecule has 2 atom stereocenters. The summed E-state index contributed by atoms with van der Waals surface area (Å²) in [6.07, 6.45) is 4.01. The summed E-state index contributed by atoms with van der Waals surface area (Å²) in [6.45, 7) is 4.47. The lowest BCUT2D eigenvalue weighted by Crippen LogP contribution is -2.06. The number of hydrogen-bond donors (Lipinski definition) is 1. The van der Waals surface area contributed by atoms with Crippen molar-refractivity contribution in [2.24, 2.45) is 18.2 Å². The van der Waals surface area contributed by atoms with Gasteiger partial charge in [-0.25, -0.2) is 4.98 Å². The van der Waals surface area contributed by atoms with Gasteiger partial charge in [-0.05, 0) is 23.1 Å². The van der Waals surface area contributed by atoms with Crippen molar-refractivity contribution in [2.45, 2.75) is 25.8 Å². The summed E-state index contributed by atoms with van der Waals surface area (Å²) in [5.74, 6) is 0.473. The molecule has 1 aliphatic carbocycles. The first kappa shape index (κ1) is 9.85. The van der Waals surface area contributed by atoms with E-state index in [-0.39, 0.29) is 11.5 Å². The minimum absolute atomic E-state index is 0.226. The second kappa shape index (κ2) is 2.86. The van der Waals surface area contributed by atoms with Crippen LogP contribution in [0.2, 0.25) is 0 Å². The van der Waals surface area contributed by atoms with Crippen molar-refractivity contribution in [1.82, 2.24) is 9.55 Å². The molecular formula is C13H17N3. The van der Waals surface area contributed by atoms with Gasteiger partial charge < -0.3 is 10.3 Å². The van der Waals surface area contributed by atoms with Crippen molar-refractivity contribution in [1.29, 1.82) is 0 Å². The molecule has 84 valence electrons. The molecule has 0 radical (unpaired) electrons. The highest BCUT2D eigenvalue weighted by atomic mass is 15.0. The van der Waals surface area contributed by atoms with E-state index in [9.17, 15) is 0 Å². The molecule has 2 N–H and O–H groups in total. The number of nitrogens with two attached hydrogens (primary N) is 1. The van der Waals surface area contributed by atoms with Crippen molar-refractivity contribution in [3.63, 3.8) is 0 Å². The summed E-state index contributed by atoms with van der Waals surface area (Å²) in [4.78, 5) is 4.41. The lowest BCUT2D eigenvalue weighted by Gasteiger charge is -2.00. The molecule has 2 heterocycles. The Bertz CT molecular complexity index is 553. The molecule has 2 aromatic rings. The normalized spacial score (nSPS) is 27.2. The van der Waals surface area contributed by atoms with E-state index in [1.54, 1.807) is 0 Å². The van der Waals surface area contributed by atoms with Gasteiger partial charge in [-0.15, -0.1) is 0 Å². The minimum Gasteiger partial charge on any atom is -0.335 e. The van der Waals surface area contributed by atoms with Gasteiger partial charge in [-0.1, -0.05) is 13.8 Å². The fraction of sp³-hybridized carbons (Fsp3) is 0.462. The predicted molar refractivity (Wildman–Crippen MR) is 65.2 cm³/mol. The second-order valence-electron chi connectivity index (χ2n) is 5.39. The van der Waals surface area contributed by atoms with Crippen molar-refractivity contribution in [3.05, 3.63) is 30.1 Å². The molecule has 1 saturated carbocycles. The van der Waals surface area contributed by atoms with E-state index in [0.717, 1.165) is 5.65 Å². The van der Waals surface area contributed by atoms with E-state index >= 15 is 0 Å². The van der Waals surface area contributed by atoms with E-state index in [4.69, 9.17) is 5.73 Å². The lowest BCUT2D eigenvalue weighted by molar-refractivity contribution is 0.599. The molecule has 0 amide bonds. The molecule has 1 fully saturated rings.